The van der Waals surface area contributed by atoms with Crippen LogP contribution in [0, 0.1) is 6.92 Å². The van der Waals surface area contributed by atoms with E-state index in [0.717, 1.165) is 17.1 Å². The van der Waals surface area contributed by atoms with Gasteiger partial charge in [0.15, 0.2) is 0 Å². The molecule has 0 aliphatic carbocycles. The van der Waals surface area contributed by atoms with Crippen LogP contribution in [-0.2, 0) is 13.6 Å². The molecule has 2 N–H and O–H groups in total. The van der Waals surface area contributed by atoms with E-state index < -0.39 is 0 Å². The molecule has 2 rings (SSSR count). The molecule has 0 atom stereocenters. The third-order valence-electron chi connectivity index (χ3n) is 3.61. The molecular weight excluding hydrogens is 250 g/mol. The first kappa shape index (κ1) is 14.6. The van der Waals surface area contributed by atoms with E-state index in [1.165, 1.54) is 16.7 Å². The van der Waals surface area contributed by atoms with Crippen molar-refractivity contribution in [1.82, 2.24) is 9.78 Å². The molecule has 0 aliphatic rings. The molecule has 4 heteroatoms. The van der Waals surface area contributed by atoms with Crippen molar-refractivity contribution in [3.05, 3.63) is 35.0 Å². The van der Waals surface area contributed by atoms with Crippen LogP contribution in [0.2, 0.25) is 0 Å². The zero-order chi connectivity index (χ0) is 14.9. The Morgan fingerprint density at radius 3 is 2.50 bits per heavy atom. The quantitative estimate of drug-likeness (QED) is 0.931. The highest BCUT2D eigenvalue weighted by molar-refractivity contribution is 5.67. The van der Waals surface area contributed by atoms with Crippen LogP contribution >= 0.6 is 0 Å². The minimum absolute atomic E-state index is 0.409. The van der Waals surface area contributed by atoms with Crippen molar-refractivity contribution in [1.29, 1.82) is 0 Å². The Balaban J connectivity index is 2.61. The fourth-order valence-corrected chi connectivity index (χ4v) is 2.48. The SMILES string of the molecule is COc1cc(C)c(-c2cc(CN)nn2C)cc1C(C)C. The molecule has 0 fully saturated rings. The van der Waals surface area contributed by atoms with Crippen LogP contribution < -0.4 is 10.5 Å². The number of aryl methyl sites for hydroxylation is 2. The van der Waals surface area contributed by atoms with Crippen molar-refractivity contribution < 1.29 is 4.74 Å². The van der Waals surface area contributed by atoms with E-state index >= 15 is 0 Å². The Morgan fingerprint density at radius 1 is 1.30 bits per heavy atom. The number of hydrogen-bond acceptors (Lipinski definition) is 3. The van der Waals surface area contributed by atoms with Gasteiger partial charge in [0.2, 0.25) is 0 Å². The molecule has 0 saturated carbocycles. The number of benzene rings is 1. The summed E-state index contributed by atoms with van der Waals surface area (Å²) in [5.74, 6) is 1.36. The average Bonchev–Trinajstić information content (AvgIpc) is 2.79. The van der Waals surface area contributed by atoms with Gasteiger partial charge in [-0.05, 0) is 42.2 Å². The number of hydrogen-bond donors (Lipinski definition) is 1. The highest BCUT2D eigenvalue weighted by Gasteiger charge is 2.15. The summed E-state index contributed by atoms with van der Waals surface area (Å²) in [5.41, 5.74) is 11.2. The first-order chi connectivity index (χ1) is 9.47. The molecule has 4 nitrogen and oxygen atoms in total. The third kappa shape index (κ3) is 2.56. The topological polar surface area (TPSA) is 53.1 Å². The predicted octanol–water partition coefficient (Wildman–Crippen LogP) is 2.99. The van der Waals surface area contributed by atoms with Crippen LogP contribution in [0.15, 0.2) is 18.2 Å². The molecule has 2 aromatic rings. The Hall–Kier alpha value is -1.81. The summed E-state index contributed by atoms with van der Waals surface area (Å²) in [6.45, 7) is 6.90. The largest absolute Gasteiger partial charge is 0.496 e. The lowest BCUT2D eigenvalue weighted by molar-refractivity contribution is 0.407. The fraction of sp³-hybridized carbons (Fsp3) is 0.438. The number of nitrogens with zero attached hydrogens (tertiary/aromatic N) is 2. The van der Waals surface area contributed by atoms with E-state index in [-0.39, 0.29) is 0 Å². The number of methoxy groups -OCH3 is 1. The summed E-state index contributed by atoms with van der Waals surface area (Å²) in [4.78, 5) is 0. The second kappa shape index (κ2) is 5.67. The number of rotatable bonds is 4. The van der Waals surface area contributed by atoms with Gasteiger partial charge in [0.05, 0.1) is 18.5 Å². The summed E-state index contributed by atoms with van der Waals surface area (Å²) in [5, 5.41) is 4.42. The summed E-state index contributed by atoms with van der Waals surface area (Å²) < 4.78 is 7.38. The first-order valence-electron chi connectivity index (χ1n) is 6.89. The Bertz CT molecular complexity index is 614. The number of nitrogens with two attached hydrogens (primary N) is 1. The van der Waals surface area contributed by atoms with Crippen molar-refractivity contribution in [3.63, 3.8) is 0 Å². The van der Waals surface area contributed by atoms with Crippen molar-refractivity contribution >= 4 is 0 Å². The molecule has 1 aromatic carbocycles. The van der Waals surface area contributed by atoms with E-state index in [9.17, 15) is 0 Å². The summed E-state index contributed by atoms with van der Waals surface area (Å²) in [6, 6.07) is 6.36. The van der Waals surface area contributed by atoms with Crippen LogP contribution in [0.4, 0.5) is 0 Å². The molecule has 0 amide bonds. The minimum atomic E-state index is 0.409. The van der Waals surface area contributed by atoms with E-state index in [0.29, 0.717) is 12.5 Å². The van der Waals surface area contributed by atoms with Gasteiger partial charge in [-0.25, -0.2) is 0 Å². The Morgan fingerprint density at radius 2 is 2.00 bits per heavy atom. The normalized spacial score (nSPS) is 11.2. The average molecular weight is 273 g/mol. The maximum atomic E-state index is 5.68. The Labute approximate surface area is 120 Å². The zero-order valence-corrected chi connectivity index (χ0v) is 12.9. The van der Waals surface area contributed by atoms with Gasteiger partial charge in [0, 0.05) is 19.2 Å². The lowest BCUT2D eigenvalue weighted by Crippen LogP contribution is -2.00. The second-order valence-corrected chi connectivity index (χ2v) is 5.41. The van der Waals surface area contributed by atoms with Crippen LogP contribution in [0.25, 0.3) is 11.3 Å². The molecule has 0 bridgehead atoms. The van der Waals surface area contributed by atoms with E-state index in [4.69, 9.17) is 10.5 Å². The standard InChI is InChI=1S/C16H23N3O/c1-10(2)13-8-14(11(3)6-16(13)20-5)15-7-12(9-17)18-19(15)4/h6-8,10H,9,17H2,1-5H3. The van der Waals surface area contributed by atoms with E-state index in [1.807, 2.05) is 11.7 Å². The zero-order valence-electron chi connectivity index (χ0n) is 12.9. The van der Waals surface area contributed by atoms with E-state index in [1.54, 1.807) is 7.11 Å². The summed E-state index contributed by atoms with van der Waals surface area (Å²) in [7, 11) is 3.67. The maximum absolute atomic E-state index is 5.68. The molecule has 0 saturated heterocycles. The predicted molar refractivity (Wildman–Crippen MR) is 81.9 cm³/mol. The van der Waals surface area contributed by atoms with Gasteiger partial charge in [-0.2, -0.15) is 5.10 Å². The monoisotopic (exact) mass is 273 g/mol. The fourth-order valence-electron chi connectivity index (χ4n) is 2.48. The lowest BCUT2D eigenvalue weighted by Gasteiger charge is -2.16. The second-order valence-electron chi connectivity index (χ2n) is 5.41. The lowest BCUT2D eigenvalue weighted by atomic mass is 9.95. The minimum Gasteiger partial charge on any atom is -0.496 e. The molecule has 1 heterocycles. The van der Waals surface area contributed by atoms with Crippen LogP contribution in [0.1, 0.15) is 36.6 Å². The van der Waals surface area contributed by atoms with Gasteiger partial charge in [0.1, 0.15) is 5.75 Å². The number of aromatic nitrogens is 2. The van der Waals surface area contributed by atoms with Gasteiger partial charge in [-0.1, -0.05) is 13.8 Å². The molecule has 0 spiro atoms. The van der Waals surface area contributed by atoms with Crippen LogP contribution in [0.5, 0.6) is 5.75 Å². The first-order valence-corrected chi connectivity index (χ1v) is 6.89. The highest BCUT2D eigenvalue weighted by Crippen LogP contribution is 2.34. The van der Waals surface area contributed by atoms with Gasteiger partial charge >= 0.3 is 0 Å². The summed E-state index contributed by atoms with van der Waals surface area (Å²) in [6.07, 6.45) is 0. The van der Waals surface area contributed by atoms with Crippen molar-refractivity contribution in [2.24, 2.45) is 12.8 Å². The van der Waals surface area contributed by atoms with Gasteiger partial charge in [-0.3, -0.25) is 4.68 Å². The van der Waals surface area contributed by atoms with Gasteiger partial charge in [-0.15, -0.1) is 0 Å². The van der Waals surface area contributed by atoms with Gasteiger partial charge < -0.3 is 10.5 Å². The molecule has 20 heavy (non-hydrogen) atoms. The molecular formula is C16H23N3O. The third-order valence-corrected chi connectivity index (χ3v) is 3.61. The smallest absolute Gasteiger partial charge is 0.122 e. The molecule has 0 aliphatic heterocycles. The van der Waals surface area contributed by atoms with E-state index in [2.05, 4.69) is 44.1 Å². The Kier molecular flexibility index (Phi) is 4.14. The molecule has 1 aromatic heterocycles. The summed E-state index contributed by atoms with van der Waals surface area (Å²) >= 11 is 0. The van der Waals surface area contributed by atoms with Crippen molar-refractivity contribution in [3.8, 4) is 17.0 Å². The van der Waals surface area contributed by atoms with Crippen molar-refractivity contribution in [2.75, 3.05) is 7.11 Å². The van der Waals surface area contributed by atoms with Gasteiger partial charge in [0.25, 0.3) is 0 Å². The van der Waals surface area contributed by atoms with Crippen molar-refractivity contribution in [2.45, 2.75) is 33.2 Å². The number of ether oxygens (including phenoxy) is 1. The molecule has 108 valence electrons. The molecule has 0 radical (unpaired) electrons. The van der Waals surface area contributed by atoms with Crippen LogP contribution in [-0.4, -0.2) is 16.9 Å². The highest BCUT2D eigenvalue weighted by atomic mass is 16.5. The van der Waals surface area contributed by atoms with Crippen LogP contribution in [0.3, 0.4) is 0 Å². The maximum Gasteiger partial charge on any atom is 0.122 e. The molecule has 0 unspecified atom stereocenters.